The van der Waals surface area contributed by atoms with Gasteiger partial charge in [-0.25, -0.2) is 9.59 Å². The van der Waals surface area contributed by atoms with Crippen molar-refractivity contribution >= 4 is 35.8 Å². The molecule has 2 radical (unpaired) electrons. The van der Waals surface area contributed by atoms with Gasteiger partial charge in [0.05, 0.1) is 13.2 Å². The summed E-state index contributed by atoms with van der Waals surface area (Å²) in [6.07, 6.45) is -2.97. The Hall–Kier alpha value is -0.341. The Labute approximate surface area is 130 Å². The first-order valence-electron chi connectivity index (χ1n) is 5.94. The molecule has 0 aromatic heterocycles. The summed E-state index contributed by atoms with van der Waals surface area (Å²) in [5, 5.41) is 18.0. The Kier molecular flexibility index (Phi) is 11.5. The molecule has 0 amide bonds. The van der Waals surface area contributed by atoms with Crippen molar-refractivity contribution in [2.75, 3.05) is 13.2 Å². The van der Waals surface area contributed by atoms with Gasteiger partial charge in [-0.2, -0.15) is 0 Å². The molecule has 0 aliphatic heterocycles. The molecule has 0 aromatic carbocycles. The van der Waals surface area contributed by atoms with Crippen LogP contribution in [0.2, 0.25) is 0 Å². The number of carboxylic acid groups (broad SMARTS) is 2. The normalized spacial score (nSPS) is 14.0. The van der Waals surface area contributed by atoms with E-state index in [0.717, 1.165) is 0 Å². The standard InChI is InChI=1S/C12H22O6.Sn.2H/c1-7(2)5-17-9(11(13)14)10(12(15)16)18-6-8(3)4;;;/h7-10H,5-6H2,1-4H3,(H,13,14)(H,15,16);;;. The maximum atomic E-state index is 11.0. The topological polar surface area (TPSA) is 93.1 Å². The van der Waals surface area contributed by atoms with Crippen LogP contribution in [0.1, 0.15) is 27.7 Å². The molecule has 0 saturated heterocycles. The van der Waals surface area contributed by atoms with Crippen LogP contribution < -0.4 is 0 Å². The molecule has 0 aliphatic carbocycles. The number of hydrogen-bond donors (Lipinski definition) is 2. The van der Waals surface area contributed by atoms with Crippen molar-refractivity contribution < 1.29 is 29.3 Å². The molecule has 6 nitrogen and oxygen atoms in total. The predicted molar refractivity (Wildman–Crippen MR) is 73.0 cm³/mol. The van der Waals surface area contributed by atoms with E-state index in [2.05, 4.69) is 0 Å². The van der Waals surface area contributed by atoms with Gasteiger partial charge in [0, 0.05) is 0 Å². The number of carbonyl (C=O) groups is 2. The summed E-state index contributed by atoms with van der Waals surface area (Å²) in [6.45, 7) is 7.75. The molecular formula is C12H24O6Sn. The third kappa shape index (κ3) is 9.23. The Morgan fingerprint density at radius 1 is 0.842 bits per heavy atom. The van der Waals surface area contributed by atoms with Crippen LogP contribution >= 0.6 is 0 Å². The van der Waals surface area contributed by atoms with Gasteiger partial charge in [-0.05, 0) is 11.8 Å². The number of hydrogen-bond acceptors (Lipinski definition) is 4. The Bertz CT molecular complexity index is 251. The summed E-state index contributed by atoms with van der Waals surface area (Å²) in [5.74, 6) is -2.42. The van der Waals surface area contributed by atoms with Crippen molar-refractivity contribution in [3.8, 4) is 0 Å². The fraction of sp³-hybridized carbons (Fsp3) is 0.833. The predicted octanol–water partition coefficient (Wildman–Crippen LogP) is 0.322. The summed E-state index contributed by atoms with van der Waals surface area (Å²) in [4.78, 5) is 22.1. The van der Waals surface area contributed by atoms with E-state index in [4.69, 9.17) is 19.7 Å². The first kappa shape index (κ1) is 21.0. The van der Waals surface area contributed by atoms with Crippen molar-refractivity contribution in [2.45, 2.75) is 39.9 Å². The molecule has 0 aromatic rings. The molecule has 0 heterocycles. The first-order chi connectivity index (χ1) is 8.25. The summed E-state index contributed by atoms with van der Waals surface area (Å²) in [7, 11) is 0. The molecule has 19 heavy (non-hydrogen) atoms. The minimum atomic E-state index is -1.48. The second-order valence-electron chi connectivity index (χ2n) is 4.97. The van der Waals surface area contributed by atoms with Crippen LogP contribution in [0.5, 0.6) is 0 Å². The zero-order valence-electron chi connectivity index (χ0n) is 12.0. The fourth-order valence-electron chi connectivity index (χ4n) is 1.17. The van der Waals surface area contributed by atoms with Crippen molar-refractivity contribution in [2.24, 2.45) is 11.8 Å². The van der Waals surface area contributed by atoms with E-state index in [9.17, 15) is 9.59 Å². The summed E-state index contributed by atoms with van der Waals surface area (Å²) in [5.41, 5.74) is 0. The van der Waals surface area contributed by atoms with E-state index in [1.54, 1.807) is 0 Å². The van der Waals surface area contributed by atoms with Gasteiger partial charge in [0.1, 0.15) is 0 Å². The Morgan fingerprint density at radius 2 is 1.11 bits per heavy atom. The third-order valence-corrected chi connectivity index (χ3v) is 1.98. The van der Waals surface area contributed by atoms with Crippen LogP contribution in [0.25, 0.3) is 0 Å². The van der Waals surface area contributed by atoms with E-state index in [-0.39, 0.29) is 49.0 Å². The number of aliphatic carboxylic acids is 2. The van der Waals surface area contributed by atoms with Crippen molar-refractivity contribution in [3.05, 3.63) is 0 Å². The average Bonchev–Trinajstić information content (AvgIpc) is 2.20. The second kappa shape index (κ2) is 10.4. The van der Waals surface area contributed by atoms with Crippen LogP contribution in [0.15, 0.2) is 0 Å². The molecule has 2 atom stereocenters. The van der Waals surface area contributed by atoms with Crippen molar-refractivity contribution in [1.82, 2.24) is 0 Å². The molecule has 0 rings (SSSR count). The molecule has 0 spiro atoms. The number of ether oxygens (including phenoxy) is 2. The van der Waals surface area contributed by atoms with Crippen LogP contribution in [0, 0.1) is 11.8 Å². The molecule has 0 bridgehead atoms. The van der Waals surface area contributed by atoms with E-state index in [1.165, 1.54) is 0 Å². The molecule has 0 aliphatic rings. The van der Waals surface area contributed by atoms with Gasteiger partial charge in [-0.15, -0.1) is 0 Å². The van der Waals surface area contributed by atoms with Gasteiger partial charge in [-0.1, -0.05) is 27.7 Å². The van der Waals surface area contributed by atoms with Crippen LogP contribution in [-0.4, -0.2) is 71.5 Å². The fourth-order valence-corrected chi connectivity index (χ4v) is 1.17. The first-order valence-corrected chi connectivity index (χ1v) is 5.94. The zero-order chi connectivity index (χ0) is 14.3. The Balaban J connectivity index is 0. The molecule has 112 valence electrons. The Morgan fingerprint density at radius 3 is 1.26 bits per heavy atom. The summed E-state index contributed by atoms with van der Waals surface area (Å²) in [6, 6.07) is 0. The maximum absolute atomic E-state index is 11.0. The number of carboxylic acids is 2. The van der Waals surface area contributed by atoms with Gasteiger partial charge in [0.15, 0.2) is 12.2 Å². The van der Waals surface area contributed by atoms with Gasteiger partial charge >= 0.3 is 35.8 Å². The minimum absolute atomic E-state index is 0. The third-order valence-electron chi connectivity index (χ3n) is 1.98. The second-order valence-corrected chi connectivity index (χ2v) is 4.97. The molecular weight excluding hydrogens is 359 g/mol. The molecule has 2 N–H and O–H groups in total. The molecule has 7 heteroatoms. The zero-order valence-corrected chi connectivity index (χ0v) is 16.0. The van der Waals surface area contributed by atoms with E-state index in [0.29, 0.717) is 0 Å². The molecule has 2 unspecified atom stereocenters. The van der Waals surface area contributed by atoms with Gasteiger partial charge in [-0.3, -0.25) is 0 Å². The van der Waals surface area contributed by atoms with Crippen LogP contribution in [0.3, 0.4) is 0 Å². The monoisotopic (exact) mass is 384 g/mol. The molecule has 0 saturated carbocycles. The van der Waals surface area contributed by atoms with Crippen LogP contribution in [0.4, 0.5) is 0 Å². The van der Waals surface area contributed by atoms with Gasteiger partial charge in [0.2, 0.25) is 0 Å². The van der Waals surface area contributed by atoms with E-state index >= 15 is 0 Å². The average molecular weight is 383 g/mol. The molecule has 0 fully saturated rings. The quantitative estimate of drug-likeness (QED) is 0.558. The van der Waals surface area contributed by atoms with Gasteiger partial charge in [0.25, 0.3) is 0 Å². The van der Waals surface area contributed by atoms with Gasteiger partial charge < -0.3 is 19.7 Å². The van der Waals surface area contributed by atoms with Crippen molar-refractivity contribution in [1.29, 1.82) is 0 Å². The summed E-state index contributed by atoms with van der Waals surface area (Å²) < 4.78 is 10.2. The van der Waals surface area contributed by atoms with Crippen LogP contribution in [-0.2, 0) is 19.1 Å². The SMILES string of the molecule is CC(C)COC(C(=O)O)C(OCC(C)C)C(=O)O.[SnH2]. The number of rotatable bonds is 9. The summed E-state index contributed by atoms with van der Waals surface area (Å²) >= 11 is 0. The van der Waals surface area contributed by atoms with Crippen molar-refractivity contribution in [3.63, 3.8) is 0 Å². The van der Waals surface area contributed by atoms with E-state index < -0.39 is 24.1 Å². The van der Waals surface area contributed by atoms with E-state index in [1.807, 2.05) is 27.7 Å².